The Kier molecular flexibility index (Phi) is 2.65. The molecule has 1 nitrogen and oxygen atoms in total. The number of nitrogens with one attached hydrogen (secondary N) is 1. The molecule has 0 atom stereocenters. The summed E-state index contributed by atoms with van der Waals surface area (Å²) in [5, 5.41) is 1.11. The minimum absolute atomic E-state index is 0.112. The van der Waals surface area contributed by atoms with E-state index in [1.54, 1.807) is 12.1 Å². The number of fused-ring (bicyclic) bond motifs is 3. The minimum Gasteiger partial charge on any atom is -0.358 e. The lowest BCUT2D eigenvalue weighted by Gasteiger charge is -2.09. The zero-order valence-electron chi connectivity index (χ0n) is 10.3. The predicted molar refractivity (Wildman–Crippen MR) is 68.9 cm³/mol. The second kappa shape index (κ2) is 4.17. The molecule has 0 aliphatic heterocycles. The van der Waals surface area contributed by atoms with Crippen LogP contribution in [0.3, 0.4) is 0 Å². The van der Waals surface area contributed by atoms with E-state index < -0.39 is 0 Å². The van der Waals surface area contributed by atoms with E-state index in [1.807, 2.05) is 6.92 Å². The number of hydrogen-bond acceptors (Lipinski definition) is 0. The van der Waals surface area contributed by atoms with Gasteiger partial charge >= 0.3 is 0 Å². The summed E-state index contributed by atoms with van der Waals surface area (Å²) in [6.45, 7) is 1.98. The molecular weight excluding hydrogens is 213 g/mol. The van der Waals surface area contributed by atoms with Crippen molar-refractivity contribution < 1.29 is 4.39 Å². The summed E-state index contributed by atoms with van der Waals surface area (Å²) in [5.41, 5.74) is 4.86. The number of rotatable bonds is 0. The third kappa shape index (κ3) is 1.86. The molecule has 0 radical (unpaired) electrons. The average molecular weight is 231 g/mol. The first-order valence-electron chi connectivity index (χ1n) is 6.55. The highest BCUT2D eigenvalue weighted by atomic mass is 19.1. The van der Waals surface area contributed by atoms with Crippen LogP contribution in [0, 0.1) is 12.7 Å². The number of aryl methyl sites for hydroxylation is 3. The van der Waals surface area contributed by atoms with Gasteiger partial charge in [-0.25, -0.2) is 4.39 Å². The Morgan fingerprint density at radius 3 is 2.65 bits per heavy atom. The highest BCUT2D eigenvalue weighted by molar-refractivity contribution is 5.87. The highest BCUT2D eigenvalue weighted by Gasteiger charge is 2.15. The molecule has 2 heteroatoms. The first-order valence-corrected chi connectivity index (χ1v) is 6.55. The molecule has 0 amide bonds. The Morgan fingerprint density at radius 2 is 1.82 bits per heavy atom. The van der Waals surface area contributed by atoms with Gasteiger partial charge in [0.05, 0.1) is 0 Å². The largest absolute Gasteiger partial charge is 0.358 e. The van der Waals surface area contributed by atoms with E-state index in [0.29, 0.717) is 0 Å². The van der Waals surface area contributed by atoms with E-state index in [4.69, 9.17) is 0 Å². The van der Waals surface area contributed by atoms with Crippen molar-refractivity contribution in [3.05, 3.63) is 34.8 Å². The molecule has 1 aliphatic rings. The van der Waals surface area contributed by atoms with E-state index >= 15 is 0 Å². The Bertz CT molecular complexity index is 554. The van der Waals surface area contributed by atoms with Gasteiger partial charge in [0.15, 0.2) is 0 Å². The van der Waals surface area contributed by atoms with Crippen molar-refractivity contribution in [3.8, 4) is 0 Å². The molecule has 0 spiro atoms. The van der Waals surface area contributed by atoms with E-state index in [1.165, 1.54) is 36.9 Å². The van der Waals surface area contributed by atoms with E-state index in [2.05, 4.69) is 4.98 Å². The SMILES string of the molecule is Cc1cc(F)cc2c3c([nH]c12)CCCCCC3. The number of aromatic nitrogens is 1. The van der Waals surface area contributed by atoms with Crippen molar-refractivity contribution >= 4 is 10.9 Å². The minimum atomic E-state index is -0.112. The Balaban J connectivity index is 2.22. The summed E-state index contributed by atoms with van der Waals surface area (Å²) in [7, 11) is 0. The Hall–Kier alpha value is -1.31. The lowest BCUT2D eigenvalue weighted by Crippen LogP contribution is -1.97. The van der Waals surface area contributed by atoms with Crippen molar-refractivity contribution in [1.82, 2.24) is 4.98 Å². The van der Waals surface area contributed by atoms with E-state index in [9.17, 15) is 4.39 Å². The summed E-state index contributed by atoms with van der Waals surface area (Å²) in [4.78, 5) is 3.51. The van der Waals surface area contributed by atoms with Crippen LogP contribution in [0.1, 0.15) is 42.5 Å². The Labute approximate surface area is 101 Å². The van der Waals surface area contributed by atoms with Crippen molar-refractivity contribution in [1.29, 1.82) is 0 Å². The average Bonchev–Trinajstić information content (AvgIpc) is 2.56. The van der Waals surface area contributed by atoms with Crippen LogP contribution in [-0.2, 0) is 12.8 Å². The summed E-state index contributed by atoms with van der Waals surface area (Å²) >= 11 is 0. The van der Waals surface area contributed by atoms with Crippen LogP contribution < -0.4 is 0 Å². The molecule has 1 aromatic carbocycles. The molecule has 3 rings (SSSR count). The molecule has 0 saturated carbocycles. The van der Waals surface area contributed by atoms with Gasteiger partial charge in [0.25, 0.3) is 0 Å². The molecule has 0 unspecified atom stereocenters. The lowest BCUT2D eigenvalue weighted by molar-refractivity contribution is 0.614. The number of aromatic amines is 1. The predicted octanol–water partition coefficient (Wildman–Crippen LogP) is 4.27. The molecule has 17 heavy (non-hydrogen) atoms. The molecule has 2 aromatic rings. The van der Waals surface area contributed by atoms with Crippen LogP contribution in [0.5, 0.6) is 0 Å². The normalized spacial score (nSPS) is 16.6. The maximum Gasteiger partial charge on any atom is 0.124 e. The molecule has 1 aliphatic carbocycles. The van der Waals surface area contributed by atoms with Gasteiger partial charge in [0.1, 0.15) is 5.82 Å². The van der Waals surface area contributed by atoms with Crippen LogP contribution in [0.2, 0.25) is 0 Å². The second-order valence-electron chi connectivity index (χ2n) is 5.14. The van der Waals surface area contributed by atoms with Crippen molar-refractivity contribution in [2.75, 3.05) is 0 Å². The fraction of sp³-hybridized carbons (Fsp3) is 0.467. The van der Waals surface area contributed by atoms with Crippen molar-refractivity contribution in [3.63, 3.8) is 0 Å². The van der Waals surface area contributed by atoms with Gasteiger partial charge in [-0.15, -0.1) is 0 Å². The van der Waals surface area contributed by atoms with Gasteiger partial charge in [-0.3, -0.25) is 0 Å². The molecule has 0 saturated heterocycles. The summed E-state index contributed by atoms with van der Waals surface area (Å²) in [6.07, 6.45) is 7.32. The van der Waals surface area contributed by atoms with Crippen LogP contribution in [0.4, 0.5) is 4.39 Å². The zero-order valence-corrected chi connectivity index (χ0v) is 10.3. The van der Waals surface area contributed by atoms with E-state index in [-0.39, 0.29) is 5.82 Å². The Morgan fingerprint density at radius 1 is 1.06 bits per heavy atom. The van der Waals surface area contributed by atoms with Crippen molar-refractivity contribution in [2.24, 2.45) is 0 Å². The van der Waals surface area contributed by atoms with E-state index in [0.717, 1.165) is 29.3 Å². The maximum atomic E-state index is 13.5. The lowest BCUT2D eigenvalue weighted by atomic mass is 9.96. The van der Waals surface area contributed by atoms with Crippen LogP contribution in [0.15, 0.2) is 12.1 Å². The van der Waals surface area contributed by atoms with Crippen molar-refractivity contribution in [2.45, 2.75) is 45.4 Å². The molecular formula is C15H18FN. The standard InChI is InChI=1S/C15H18FN/c1-10-8-11(16)9-13-12-6-4-2-3-5-7-14(12)17-15(10)13/h8-9,17H,2-7H2,1H3. The molecule has 90 valence electrons. The summed E-state index contributed by atoms with van der Waals surface area (Å²) in [5.74, 6) is -0.112. The van der Waals surface area contributed by atoms with Gasteiger partial charge in [0, 0.05) is 16.6 Å². The third-order valence-electron chi connectivity index (χ3n) is 3.87. The van der Waals surface area contributed by atoms with Crippen LogP contribution >= 0.6 is 0 Å². The second-order valence-corrected chi connectivity index (χ2v) is 5.14. The first kappa shape index (κ1) is 10.8. The van der Waals surface area contributed by atoms with Gasteiger partial charge in [-0.05, 0) is 55.9 Å². The molecule has 1 aromatic heterocycles. The van der Waals surface area contributed by atoms with Gasteiger partial charge in [-0.2, -0.15) is 0 Å². The number of hydrogen-bond donors (Lipinski definition) is 1. The van der Waals surface area contributed by atoms with Gasteiger partial charge in [0.2, 0.25) is 0 Å². The summed E-state index contributed by atoms with van der Waals surface area (Å²) < 4.78 is 13.5. The van der Waals surface area contributed by atoms with Crippen LogP contribution in [0.25, 0.3) is 10.9 Å². The first-order chi connectivity index (χ1) is 8.25. The highest BCUT2D eigenvalue weighted by Crippen LogP contribution is 2.30. The maximum absolute atomic E-state index is 13.5. The zero-order chi connectivity index (χ0) is 11.8. The number of halogens is 1. The molecule has 1 N–H and O–H groups in total. The monoisotopic (exact) mass is 231 g/mol. The fourth-order valence-corrected chi connectivity index (χ4v) is 2.99. The topological polar surface area (TPSA) is 15.8 Å². The van der Waals surface area contributed by atoms with Crippen LogP contribution in [-0.4, -0.2) is 4.98 Å². The van der Waals surface area contributed by atoms with Gasteiger partial charge in [-0.1, -0.05) is 12.8 Å². The molecule has 0 bridgehead atoms. The number of benzene rings is 1. The molecule has 0 fully saturated rings. The third-order valence-corrected chi connectivity index (χ3v) is 3.87. The fourth-order valence-electron chi connectivity index (χ4n) is 2.99. The van der Waals surface area contributed by atoms with Gasteiger partial charge < -0.3 is 4.98 Å². The smallest absolute Gasteiger partial charge is 0.124 e. The molecule has 1 heterocycles. The number of H-pyrrole nitrogens is 1. The summed E-state index contributed by atoms with van der Waals surface area (Å²) in [6, 6.07) is 3.31. The quantitative estimate of drug-likeness (QED) is 0.696.